The zero-order chi connectivity index (χ0) is 14.2. The summed E-state index contributed by atoms with van der Waals surface area (Å²) in [5.41, 5.74) is 0. The molecular formula is C18H34O. The van der Waals surface area contributed by atoms with Gasteiger partial charge in [0.15, 0.2) is 5.78 Å². The van der Waals surface area contributed by atoms with Gasteiger partial charge in [0.1, 0.15) is 0 Å². The molecule has 1 heteroatoms. The van der Waals surface area contributed by atoms with Crippen LogP contribution < -0.4 is 0 Å². The number of hydrogen-bond donors (Lipinski definition) is 0. The minimum absolute atomic E-state index is 0.319. The van der Waals surface area contributed by atoms with Crippen LogP contribution in [0.3, 0.4) is 0 Å². The van der Waals surface area contributed by atoms with E-state index in [0.717, 1.165) is 19.3 Å². The monoisotopic (exact) mass is 266 g/mol. The van der Waals surface area contributed by atoms with Gasteiger partial charge < -0.3 is 0 Å². The van der Waals surface area contributed by atoms with Gasteiger partial charge in [0.05, 0.1) is 0 Å². The van der Waals surface area contributed by atoms with Gasteiger partial charge in [-0.05, 0) is 25.3 Å². The molecule has 112 valence electrons. The summed E-state index contributed by atoms with van der Waals surface area (Å²) in [6, 6.07) is 0. The van der Waals surface area contributed by atoms with Gasteiger partial charge in [-0.3, -0.25) is 4.79 Å². The molecule has 19 heavy (non-hydrogen) atoms. The first kappa shape index (κ1) is 18.4. The van der Waals surface area contributed by atoms with E-state index >= 15 is 0 Å². The van der Waals surface area contributed by atoms with Crippen molar-refractivity contribution in [1.82, 2.24) is 0 Å². The molecule has 0 unspecified atom stereocenters. The van der Waals surface area contributed by atoms with Crippen LogP contribution in [0.25, 0.3) is 0 Å². The van der Waals surface area contributed by atoms with Crippen molar-refractivity contribution in [2.75, 3.05) is 0 Å². The van der Waals surface area contributed by atoms with E-state index in [-0.39, 0.29) is 0 Å². The molecule has 0 radical (unpaired) electrons. The molecule has 0 amide bonds. The molecule has 1 nitrogen and oxygen atoms in total. The number of carbonyl (C=O) groups is 1. The molecule has 0 aromatic heterocycles. The third-order valence-electron chi connectivity index (χ3n) is 3.55. The van der Waals surface area contributed by atoms with Gasteiger partial charge in [-0.15, -0.1) is 0 Å². The largest absolute Gasteiger partial charge is 0.295 e. The molecule has 0 N–H and O–H groups in total. The lowest BCUT2D eigenvalue weighted by Crippen LogP contribution is -1.92. The Morgan fingerprint density at radius 1 is 0.737 bits per heavy atom. The van der Waals surface area contributed by atoms with Crippen LogP contribution in [0.5, 0.6) is 0 Å². The molecule has 0 fully saturated rings. The summed E-state index contributed by atoms with van der Waals surface area (Å²) >= 11 is 0. The molecule has 0 aromatic rings. The Kier molecular flexibility index (Phi) is 15.0. The third-order valence-corrected chi connectivity index (χ3v) is 3.55. The molecule has 0 saturated carbocycles. The second-order valence-corrected chi connectivity index (χ2v) is 5.59. The highest BCUT2D eigenvalue weighted by molar-refractivity contribution is 5.89. The molecule has 0 heterocycles. The lowest BCUT2D eigenvalue weighted by Gasteiger charge is -1.99. The first-order valence-electron chi connectivity index (χ1n) is 8.50. The van der Waals surface area contributed by atoms with Gasteiger partial charge in [0.2, 0.25) is 0 Å². The van der Waals surface area contributed by atoms with Crippen LogP contribution >= 0.6 is 0 Å². The maximum atomic E-state index is 11.5. The van der Waals surface area contributed by atoms with Crippen LogP contribution in [0.15, 0.2) is 12.2 Å². The fourth-order valence-corrected chi connectivity index (χ4v) is 2.24. The van der Waals surface area contributed by atoms with E-state index in [1.165, 1.54) is 64.2 Å². The fraction of sp³-hybridized carbons (Fsp3) is 0.833. The maximum absolute atomic E-state index is 11.5. The highest BCUT2D eigenvalue weighted by Gasteiger charge is 1.96. The predicted octanol–water partition coefficient (Wildman–Crippen LogP) is 6.22. The average molecular weight is 266 g/mol. The zero-order valence-electron chi connectivity index (χ0n) is 13.3. The van der Waals surface area contributed by atoms with Crippen LogP contribution in [-0.4, -0.2) is 5.78 Å². The van der Waals surface area contributed by atoms with E-state index in [1.807, 2.05) is 6.08 Å². The van der Waals surface area contributed by atoms with Gasteiger partial charge >= 0.3 is 0 Å². The van der Waals surface area contributed by atoms with Gasteiger partial charge in [-0.2, -0.15) is 0 Å². The molecule has 0 saturated heterocycles. The standard InChI is InChI=1S/C18H34O/c1-3-5-7-9-10-11-12-13-15-17-18(19)16-14-8-6-4-2/h15,17H,3-14,16H2,1-2H3/b17-15+. The van der Waals surface area contributed by atoms with E-state index in [1.54, 1.807) is 0 Å². The van der Waals surface area contributed by atoms with Crippen LogP contribution in [0.1, 0.15) is 97.3 Å². The quantitative estimate of drug-likeness (QED) is 0.269. The highest BCUT2D eigenvalue weighted by Crippen LogP contribution is 2.09. The fourth-order valence-electron chi connectivity index (χ4n) is 2.24. The Balaban J connectivity index is 3.25. The summed E-state index contributed by atoms with van der Waals surface area (Å²) in [6.45, 7) is 4.45. The topological polar surface area (TPSA) is 17.1 Å². The van der Waals surface area contributed by atoms with Crippen molar-refractivity contribution in [3.8, 4) is 0 Å². The van der Waals surface area contributed by atoms with Crippen molar-refractivity contribution in [2.24, 2.45) is 0 Å². The van der Waals surface area contributed by atoms with Crippen molar-refractivity contribution in [3.05, 3.63) is 12.2 Å². The second kappa shape index (κ2) is 15.5. The normalized spacial score (nSPS) is 11.3. The van der Waals surface area contributed by atoms with Crippen molar-refractivity contribution in [2.45, 2.75) is 97.3 Å². The van der Waals surface area contributed by atoms with E-state index in [2.05, 4.69) is 19.9 Å². The highest BCUT2D eigenvalue weighted by atomic mass is 16.1. The van der Waals surface area contributed by atoms with Gasteiger partial charge in [0, 0.05) is 6.42 Å². The molecule has 0 spiro atoms. The summed E-state index contributed by atoms with van der Waals surface area (Å²) < 4.78 is 0. The first-order valence-corrected chi connectivity index (χ1v) is 8.50. The smallest absolute Gasteiger partial charge is 0.155 e. The van der Waals surface area contributed by atoms with Crippen molar-refractivity contribution >= 4 is 5.78 Å². The Hall–Kier alpha value is -0.590. The van der Waals surface area contributed by atoms with E-state index in [9.17, 15) is 4.79 Å². The maximum Gasteiger partial charge on any atom is 0.155 e. The minimum atomic E-state index is 0.319. The average Bonchev–Trinajstić information content (AvgIpc) is 2.42. The third kappa shape index (κ3) is 15.4. The van der Waals surface area contributed by atoms with Crippen molar-refractivity contribution in [1.29, 1.82) is 0 Å². The van der Waals surface area contributed by atoms with Crippen molar-refractivity contribution < 1.29 is 4.79 Å². The Morgan fingerprint density at radius 3 is 1.89 bits per heavy atom. The lowest BCUT2D eigenvalue weighted by atomic mass is 10.1. The van der Waals surface area contributed by atoms with E-state index < -0.39 is 0 Å². The molecule has 0 aliphatic carbocycles. The SMILES string of the molecule is CCCCCCCCC/C=C/C(=O)CCCCCC. The molecule has 0 rings (SSSR count). The van der Waals surface area contributed by atoms with Gasteiger partial charge in [-0.1, -0.05) is 77.7 Å². The lowest BCUT2D eigenvalue weighted by molar-refractivity contribution is -0.114. The number of unbranched alkanes of at least 4 members (excludes halogenated alkanes) is 10. The minimum Gasteiger partial charge on any atom is -0.295 e. The molecular weight excluding hydrogens is 232 g/mol. The Bertz CT molecular complexity index is 218. The summed E-state index contributed by atoms with van der Waals surface area (Å²) in [5, 5.41) is 0. The Morgan fingerprint density at radius 2 is 1.26 bits per heavy atom. The zero-order valence-corrected chi connectivity index (χ0v) is 13.3. The van der Waals surface area contributed by atoms with Gasteiger partial charge in [-0.25, -0.2) is 0 Å². The molecule has 0 aliphatic heterocycles. The number of ketones is 1. The first-order chi connectivity index (χ1) is 9.31. The predicted molar refractivity (Wildman–Crippen MR) is 85.5 cm³/mol. The summed E-state index contributed by atoms with van der Waals surface area (Å²) in [4.78, 5) is 11.5. The van der Waals surface area contributed by atoms with Crippen LogP contribution in [0, 0.1) is 0 Å². The van der Waals surface area contributed by atoms with E-state index in [0.29, 0.717) is 5.78 Å². The Labute approximate surface area is 120 Å². The molecule has 0 aliphatic rings. The number of rotatable bonds is 14. The summed E-state index contributed by atoms with van der Waals surface area (Å²) in [6.07, 6.45) is 19.9. The number of hydrogen-bond acceptors (Lipinski definition) is 1. The number of carbonyl (C=O) groups excluding carboxylic acids is 1. The van der Waals surface area contributed by atoms with E-state index in [4.69, 9.17) is 0 Å². The van der Waals surface area contributed by atoms with Crippen molar-refractivity contribution in [3.63, 3.8) is 0 Å². The molecule has 0 aromatic carbocycles. The second-order valence-electron chi connectivity index (χ2n) is 5.59. The summed E-state index contributed by atoms with van der Waals surface area (Å²) in [5.74, 6) is 0.319. The van der Waals surface area contributed by atoms with Gasteiger partial charge in [0.25, 0.3) is 0 Å². The number of allylic oxidation sites excluding steroid dienone is 2. The van der Waals surface area contributed by atoms with Crippen LogP contribution in [0.4, 0.5) is 0 Å². The van der Waals surface area contributed by atoms with Crippen LogP contribution in [0.2, 0.25) is 0 Å². The summed E-state index contributed by atoms with van der Waals surface area (Å²) in [7, 11) is 0. The molecule has 0 atom stereocenters. The molecule has 0 bridgehead atoms. The van der Waals surface area contributed by atoms with Crippen LogP contribution in [-0.2, 0) is 4.79 Å².